The molecule has 0 nitrogen and oxygen atoms in total. The minimum absolute atomic E-state index is 1.22. The molecular weight excluding hydrogens is 540 g/mol. The Morgan fingerprint density at radius 2 is 0.800 bits per heavy atom. The SMILES string of the molecule is Cc1cc(C)c(-c2c3ccccc3c(-c3ccc4ccccc4c3)c3cc(-c4ccc(-c5ccccc5)cc4)ccc23)c(C)c1. The van der Waals surface area contributed by atoms with Gasteiger partial charge in [0.05, 0.1) is 0 Å². The van der Waals surface area contributed by atoms with Gasteiger partial charge < -0.3 is 0 Å². The molecule has 0 saturated heterocycles. The van der Waals surface area contributed by atoms with Crippen LogP contribution in [0.4, 0.5) is 0 Å². The molecule has 0 saturated carbocycles. The van der Waals surface area contributed by atoms with Crippen molar-refractivity contribution in [2.45, 2.75) is 20.8 Å². The van der Waals surface area contributed by atoms with Crippen LogP contribution in [0.3, 0.4) is 0 Å². The maximum Gasteiger partial charge on any atom is -0.00210 e. The van der Waals surface area contributed by atoms with Crippen LogP contribution in [-0.4, -0.2) is 0 Å². The van der Waals surface area contributed by atoms with Gasteiger partial charge in [-0.1, -0.05) is 145 Å². The highest BCUT2D eigenvalue weighted by Crippen LogP contribution is 2.46. The summed E-state index contributed by atoms with van der Waals surface area (Å²) >= 11 is 0. The van der Waals surface area contributed by atoms with E-state index in [2.05, 4.69) is 172 Å². The predicted molar refractivity (Wildman–Crippen MR) is 195 cm³/mol. The number of aryl methyl sites for hydroxylation is 3. The van der Waals surface area contributed by atoms with Crippen molar-refractivity contribution in [3.63, 3.8) is 0 Å². The first-order valence-corrected chi connectivity index (χ1v) is 15.8. The molecule has 0 heterocycles. The van der Waals surface area contributed by atoms with Gasteiger partial charge in [-0.3, -0.25) is 0 Å². The minimum atomic E-state index is 1.22. The van der Waals surface area contributed by atoms with Crippen LogP contribution in [0.25, 0.3) is 76.8 Å². The molecule has 0 N–H and O–H groups in total. The van der Waals surface area contributed by atoms with E-state index in [9.17, 15) is 0 Å². The second-order valence-corrected chi connectivity index (χ2v) is 12.3. The molecule has 0 aliphatic heterocycles. The maximum absolute atomic E-state index is 2.42. The van der Waals surface area contributed by atoms with Crippen molar-refractivity contribution in [2.24, 2.45) is 0 Å². The van der Waals surface area contributed by atoms with Crippen LogP contribution in [-0.2, 0) is 0 Å². The zero-order valence-corrected chi connectivity index (χ0v) is 25.9. The van der Waals surface area contributed by atoms with Crippen LogP contribution in [0.1, 0.15) is 16.7 Å². The van der Waals surface area contributed by atoms with E-state index in [4.69, 9.17) is 0 Å². The number of fused-ring (bicyclic) bond motifs is 3. The summed E-state index contributed by atoms with van der Waals surface area (Å²) in [6.45, 7) is 6.71. The Morgan fingerprint density at radius 1 is 0.289 bits per heavy atom. The van der Waals surface area contributed by atoms with Gasteiger partial charge in [-0.15, -0.1) is 0 Å². The first-order chi connectivity index (χ1) is 22.0. The number of hydrogen-bond donors (Lipinski definition) is 0. The fourth-order valence-corrected chi connectivity index (χ4v) is 7.34. The zero-order valence-electron chi connectivity index (χ0n) is 25.9. The molecule has 8 rings (SSSR count). The molecule has 214 valence electrons. The largest absolute Gasteiger partial charge is 0.0622 e. The molecule has 8 aromatic rings. The van der Waals surface area contributed by atoms with Crippen LogP contribution in [0, 0.1) is 20.8 Å². The molecule has 45 heavy (non-hydrogen) atoms. The number of benzene rings is 8. The second kappa shape index (κ2) is 10.9. The monoisotopic (exact) mass is 574 g/mol. The third kappa shape index (κ3) is 4.71. The minimum Gasteiger partial charge on any atom is -0.0622 e. The smallest absolute Gasteiger partial charge is 0.00210 e. The van der Waals surface area contributed by atoms with E-state index in [1.54, 1.807) is 0 Å². The molecule has 0 heteroatoms. The van der Waals surface area contributed by atoms with Gasteiger partial charge in [0.25, 0.3) is 0 Å². The Morgan fingerprint density at radius 3 is 1.51 bits per heavy atom. The lowest BCUT2D eigenvalue weighted by molar-refractivity contribution is 1.33. The van der Waals surface area contributed by atoms with E-state index in [1.165, 1.54) is 93.5 Å². The van der Waals surface area contributed by atoms with Crippen molar-refractivity contribution in [1.82, 2.24) is 0 Å². The Hall–Kier alpha value is -5.46. The highest BCUT2D eigenvalue weighted by molar-refractivity contribution is 6.22. The molecule has 8 aromatic carbocycles. The summed E-state index contributed by atoms with van der Waals surface area (Å²) in [5.74, 6) is 0. The zero-order chi connectivity index (χ0) is 30.5. The summed E-state index contributed by atoms with van der Waals surface area (Å²) in [7, 11) is 0. The van der Waals surface area contributed by atoms with Crippen LogP contribution in [0.5, 0.6) is 0 Å². The van der Waals surface area contributed by atoms with Gasteiger partial charge in [-0.25, -0.2) is 0 Å². The van der Waals surface area contributed by atoms with Gasteiger partial charge in [-0.2, -0.15) is 0 Å². The third-order valence-corrected chi connectivity index (χ3v) is 9.31. The van der Waals surface area contributed by atoms with Crippen molar-refractivity contribution in [2.75, 3.05) is 0 Å². The first-order valence-electron chi connectivity index (χ1n) is 15.8. The average Bonchev–Trinajstić information content (AvgIpc) is 3.07. The van der Waals surface area contributed by atoms with E-state index in [1.807, 2.05) is 0 Å². The van der Waals surface area contributed by atoms with Gasteiger partial charge in [0.1, 0.15) is 0 Å². The lowest BCUT2D eigenvalue weighted by Crippen LogP contribution is -1.96. The van der Waals surface area contributed by atoms with Crippen molar-refractivity contribution >= 4 is 32.3 Å². The van der Waals surface area contributed by atoms with Crippen molar-refractivity contribution in [3.8, 4) is 44.5 Å². The molecule has 0 aromatic heterocycles. The van der Waals surface area contributed by atoms with Gasteiger partial charge in [-0.05, 0) is 121 Å². The summed E-state index contributed by atoms with van der Waals surface area (Å²) < 4.78 is 0. The highest BCUT2D eigenvalue weighted by atomic mass is 14.2. The maximum atomic E-state index is 2.42. The Balaban J connectivity index is 1.44. The quantitative estimate of drug-likeness (QED) is 0.183. The highest BCUT2D eigenvalue weighted by Gasteiger charge is 2.20. The van der Waals surface area contributed by atoms with Gasteiger partial charge in [0, 0.05) is 0 Å². The standard InChI is InChI=1S/C45H34/c1-29-25-30(2)43(31(3)26-29)45-40-16-10-9-15-39(40)44(38-22-21-33-13-7-8-14-36(33)27-38)42-28-37(23-24-41(42)45)35-19-17-34(18-20-35)32-11-5-4-6-12-32/h4-28H,1-3H3. The van der Waals surface area contributed by atoms with Crippen LogP contribution in [0.15, 0.2) is 152 Å². The van der Waals surface area contributed by atoms with Gasteiger partial charge in [0.2, 0.25) is 0 Å². The summed E-state index contributed by atoms with van der Waals surface area (Å²) in [6, 6.07) is 55.9. The topological polar surface area (TPSA) is 0 Å². The van der Waals surface area contributed by atoms with Crippen LogP contribution < -0.4 is 0 Å². The molecule has 0 aliphatic rings. The Kier molecular flexibility index (Phi) is 6.58. The predicted octanol–water partition coefficient (Wildman–Crippen LogP) is 12.7. The average molecular weight is 575 g/mol. The molecular formula is C45H34. The van der Waals surface area contributed by atoms with Gasteiger partial charge >= 0.3 is 0 Å². The molecule has 0 bridgehead atoms. The Labute approximate surface area is 265 Å². The molecule has 0 spiro atoms. The molecule has 0 radical (unpaired) electrons. The molecule has 0 atom stereocenters. The summed E-state index contributed by atoms with van der Waals surface area (Å²) in [6.07, 6.45) is 0. The van der Waals surface area contributed by atoms with E-state index in [0.29, 0.717) is 0 Å². The van der Waals surface area contributed by atoms with Crippen molar-refractivity contribution < 1.29 is 0 Å². The number of hydrogen-bond acceptors (Lipinski definition) is 0. The van der Waals surface area contributed by atoms with Crippen molar-refractivity contribution in [1.29, 1.82) is 0 Å². The Bertz CT molecular complexity index is 2350. The fourth-order valence-electron chi connectivity index (χ4n) is 7.34. The normalized spacial score (nSPS) is 11.4. The molecule has 0 aliphatic carbocycles. The van der Waals surface area contributed by atoms with E-state index in [-0.39, 0.29) is 0 Å². The fraction of sp³-hybridized carbons (Fsp3) is 0.0667. The summed E-state index contributed by atoms with van der Waals surface area (Å²) in [5.41, 5.74) is 14.1. The van der Waals surface area contributed by atoms with E-state index >= 15 is 0 Å². The molecule has 0 unspecified atom stereocenters. The third-order valence-electron chi connectivity index (χ3n) is 9.31. The number of rotatable bonds is 4. The second-order valence-electron chi connectivity index (χ2n) is 12.3. The van der Waals surface area contributed by atoms with Crippen molar-refractivity contribution in [3.05, 3.63) is 168 Å². The summed E-state index contributed by atoms with van der Waals surface area (Å²) in [5, 5.41) is 7.67. The lowest BCUT2D eigenvalue weighted by Gasteiger charge is -2.21. The molecule has 0 fully saturated rings. The first kappa shape index (κ1) is 27.1. The van der Waals surface area contributed by atoms with E-state index < -0.39 is 0 Å². The summed E-state index contributed by atoms with van der Waals surface area (Å²) in [4.78, 5) is 0. The lowest BCUT2D eigenvalue weighted by atomic mass is 9.82. The van der Waals surface area contributed by atoms with Gasteiger partial charge in [0.15, 0.2) is 0 Å². The van der Waals surface area contributed by atoms with Crippen LogP contribution >= 0.6 is 0 Å². The van der Waals surface area contributed by atoms with E-state index in [0.717, 1.165) is 0 Å². The molecule has 0 amide bonds. The van der Waals surface area contributed by atoms with Crippen LogP contribution in [0.2, 0.25) is 0 Å².